The lowest BCUT2D eigenvalue weighted by Crippen LogP contribution is -2.26. The van der Waals surface area contributed by atoms with Gasteiger partial charge in [0.15, 0.2) is 0 Å². The summed E-state index contributed by atoms with van der Waals surface area (Å²) >= 11 is 0. The van der Waals surface area contributed by atoms with Crippen molar-refractivity contribution in [2.24, 2.45) is 0 Å². The van der Waals surface area contributed by atoms with E-state index in [0.717, 1.165) is 30.1 Å². The number of hydrogen-bond acceptors (Lipinski definition) is 3. The quantitative estimate of drug-likeness (QED) is 0.740. The Balaban J connectivity index is 1.93. The van der Waals surface area contributed by atoms with Crippen molar-refractivity contribution < 1.29 is 0 Å². The van der Waals surface area contributed by atoms with E-state index in [1.165, 1.54) is 40.5 Å². The third-order valence-electron chi connectivity index (χ3n) is 5.23. The van der Waals surface area contributed by atoms with Gasteiger partial charge in [-0.3, -0.25) is 0 Å². The number of nitrogens with zero attached hydrogens (tertiary/aromatic N) is 2. The number of nitrogens with one attached hydrogen (secondary N) is 1. The molecule has 0 radical (unpaired) electrons. The lowest BCUT2D eigenvalue weighted by Gasteiger charge is -2.24. The maximum Gasteiger partial charge on any atom is 0.126 e. The third kappa shape index (κ3) is 3.16. The van der Waals surface area contributed by atoms with Gasteiger partial charge in [-0.15, -0.1) is 0 Å². The van der Waals surface area contributed by atoms with Crippen LogP contribution >= 0.6 is 0 Å². The first-order valence-electron chi connectivity index (χ1n) is 9.18. The lowest BCUT2D eigenvalue weighted by atomic mass is 9.87. The van der Waals surface area contributed by atoms with Gasteiger partial charge in [0.25, 0.3) is 0 Å². The van der Waals surface area contributed by atoms with Crippen molar-refractivity contribution in [1.29, 1.82) is 0 Å². The molecular formula is C22H25N3. The monoisotopic (exact) mass is 331 g/mol. The molecule has 1 aromatic heterocycles. The SMILES string of the molecule is Cc1cccc(-c2nc(C)nc3c(C)cc(C4CCNCC4)cc23)c1. The largest absolute Gasteiger partial charge is 0.317 e. The van der Waals surface area contributed by atoms with Crippen LogP contribution in [0.25, 0.3) is 22.2 Å². The van der Waals surface area contributed by atoms with Crippen LogP contribution < -0.4 is 5.32 Å². The molecule has 0 bridgehead atoms. The number of aromatic nitrogens is 2. The molecule has 3 aromatic rings. The molecular weight excluding hydrogens is 306 g/mol. The number of benzene rings is 2. The zero-order chi connectivity index (χ0) is 17.4. The topological polar surface area (TPSA) is 37.8 Å². The van der Waals surface area contributed by atoms with E-state index in [1.54, 1.807) is 0 Å². The molecule has 4 rings (SSSR count). The van der Waals surface area contributed by atoms with Crippen LogP contribution in [0.5, 0.6) is 0 Å². The molecule has 1 fully saturated rings. The van der Waals surface area contributed by atoms with Crippen LogP contribution in [0.3, 0.4) is 0 Å². The van der Waals surface area contributed by atoms with Gasteiger partial charge in [-0.1, -0.05) is 29.8 Å². The van der Waals surface area contributed by atoms with Gasteiger partial charge in [-0.05, 0) is 75.9 Å². The van der Waals surface area contributed by atoms with Gasteiger partial charge < -0.3 is 5.32 Å². The minimum absolute atomic E-state index is 0.635. The molecule has 0 amide bonds. The Kier molecular flexibility index (Phi) is 4.26. The highest BCUT2D eigenvalue weighted by Gasteiger charge is 2.18. The van der Waals surface area contributed by atoms with Gasteiger partial charge in [0.1, 0.15) is 5.82 Å². The van der Waals surface area contributed by atoms with Crippen molar-refractivity contribution in [2.75, 3.05) is 13.1 Å². The summed E-state index contributed by atoms with van der Waals surface area (Å²) in [6.45, 7) is 8.51. The summed E-state index contributed by atoms with van der Waals surface area (Å²) < 4.78 is 0. The average molecular weight is 331 g/mol. The Morgan fingerprint density at radius 2 is 1.76 bits per heavy atom. The number of aryl methyl sites for hydroxylation is 3. The van der Waals surface area contributed by atoms with Crippen LogP contribution in [-0.4, -0.2) is 23.1 Å². The van der Waals surface area contributed by atoms with Gasteiger partial charge in [0.05, 0.1) is 11.2 Å². The molecule has 0 aliphatic carbocycles. The van der Waals surface area contributed by atoms with E-state index in [0.29, 0.717) is 5.92 Å². The van der Waals surface area contributed by atoms with Crippen LogP contribution in [0.1, 0.15) is 41.3 Å². The van der Waals surface area contributed by atoms with Gasteiger partial charge >= 0.3 is 0 Å². The highest BCUT2D eigenvalue weighted by atomic mass is 14.9. The molecule has 3 heteroatoms. The van der Waals surface area contributed by atoms with E-state index in [1.807, 2.05) is 6.92 Å². The zero-order valence-electron chi connectivity index (χ0n) is 15.3. The summed E-state index contributed by atoms with van der Waals surface area (Å²) in [5.74, 6) is 1.47. The smallest absolute Gasteiger partial charge is 0.126 e. The average Bonchev–Trinajstić information content (AvgIpc) is 2.62. The first-order chi connectivity index (χ1) is 12.1. The molecule has 2 heterocycles. The molecule has 3 nitrogen and oxygen atoms in total. The maximum absolute atomic E-state index is 4.82. The molecule has 0 unspecified atom stereocenters. The molecule has 128 valence electrons. The Morgan fingerprint density at radius 1 is 0.960 bits per heavy atom. The van der Waals surface area contributed by atoms with Crippen LogP contribution in [0.2, 0.25) is 0 Å². The molecule has 1 aliphatic heterocycles. The summed E-state index contributed by atoms with van der Waals surface area (Å²) in [5.41, 5.74) is 7.27. The standard InChI is InChI=1S/C22H25N3/c1-14-5-4-6-18(11-14)22-20-13-19(17-7-9-23-10-8-17)12-15(2)21(20)24-16(3)25-22/h4-6,11-13,17,23H,7-10H2,1-3H3. The van der Waals surface area contributed by atoms with E-state index >= 15 is 0 Å². The van der Waals surface area contributed by atoms with Gasteiger partial charge in [0, 0.05) is 10.9 Å². The van der Waals surface area contributed by atoms with Crippen molar-refractivity contribution in [1.82, 2.24) is 15.3 Å². The molecule has 25 heavy (non-hydrogen) atoms. The molecule has 0 spiro atoms. The number of fused-ring (bicyclic) bond motifs is 1. The molecule has 0 atom stereocenters. The zero-order valence-corrected chi connectivity index (χ0v) is 15.3. The van der Waals surface area contributed by atoms with Crippen molar-refractivity contribution in [2.45, 2.75) is 39.5 Å². The van der Waals surface area contributed by atoms with E-state index in [4.69, 9.17) is 9.97 Å². The lowest BCUT2D eigenvalue weighted by molar-refractivity contribution is 0.460. The Labute approximate surface area is 149 Å². The van der Waals surface area contributed by atoms with Crippen LogP contribution in [0, 0.1) is 20.8 Å². The summed E-state index contributed by atoms with van der Waals surface area (Å²) in [4.78, 5) is 9.56. The summed E-state index contributed by atoms with van der Waals surface area (Å²) in [6.07, 6.45) is 2.41. The number of rotatable bonds is 2. The molecule has 0 saturated carbocycles. The fourth-order valence-electron chi connectivity index (χ4n) is 3.95. The Bertz CT molecular complexity index is 924. The van der Waals surface area contributed by atoms with E-state index in [9.17, 15) is 0 Å². The highest BCUT2D eigenvalue weighted by molar-refractivity contribution is 5.94. The minimum Gasteiger partial charge on any atom is -0.317 e. The Hall–Kier alpha value is -2.26. The fourth-order valence-corrected chi connectivity index (χ4v) is 3.95. The highest BCUT2D eigenvalue weighted by Crippen LogP contribution is 2.33. The molecule has 1 aliphatic rings. The second kappa shape index (κ2) is 6.57. The van der Waals surface area contributed by atoms with Crippen molar-refractivity contribution in [3.05, 3.63) is 58.9 Å². The predicted octanol–water partition coefficient (Wildman–Crippen LogP) is 4.69. The van der Waals surface area contributed by atoms with Crippen molar-refractivity contribution >= 4 is 10.9 Å². The predicted molar refractivity (Wildman–Crippen MR) is 104 cm³/mol. The summed E-state index contributed by atoms with van der Waals surface area (Å²) in [7, 11) is 0. The second-order valence-electron chi connectivity index (χ2n) is 7.25. The minimum atomic E-state index is 0.635. The summed E-state index contributed by atoms with van der Waals surface area (Å²) in [5, 5.41) is 4.65. The molecule has 2 aromatic carbocycles. The Morgan fingerprint density at radius 3 is 2.52 bits per heavy atom. The van der Waals surface area contributed by atoms with E-state index in [-0.39, 0.29) is 0 Å². The number of hydrogen-bond donors (Lipinski definition) is 1. The third-order valence-corrected chi connectivity index (χ3v) is 5.23. The fraction of sp³-hybridized carbons (Fsp3) is 0.364. The van der Waals surface area contributed by atoms with Crippen LogP contribution in [-0.2, 0) is 0 Å². The van der Waals surface area contributed by atoms with Gasteiger partial charge in [-0.2, -0.15) is 0 Å². The number of piperidine rings is 1. The van der Waals surface area contributed by atoms with Gasteiger partial charge in [0.2, 0.25) is 0 Å². The maximum atomic E-state index is 4.82. The molecule has 1 N–H and O–H groups in total. The first-order valence-corrected chi connectivity index (χ1v) is 9.18. The van der Waals surface area contributed by atoms with E-state index in [2.05, 4.69) is 55.6 Å². The second-order valence-corrected chi connectivity index (χ2v) is 7.25. The molecule has 1 saturated heterocycles. The summed E-state index contributed by atoms with van der Waals surface area (Å²) in [6, 6.07) is 13.3. The normalized spacial score (nSPS) is 15.6. The van der Waals surface area contributed by atoms with Crippen LogP contribution in [0.4, 0.5) is 0 Å². The van der Waals surface area contributed by atoms with Crippen molar-refractivity contribution in [3.8, 4) is 11.3 Å². The van der Waals surface area contributed by atoms with Crippen LogP contribution in [0.15, 0.2) is 36.4 Å². The first kappa shape index (κ1) is 16.2. The van der Waals surface area contributed by atoms with Crippen molar-refractivity contribution in [3.63, 3.8) is 0 Å². The van der Waals surface area contributed by atoms with E-state index < -0.39 is 0 Å². The van der Waals surface area contributed by atoms with Gasteiger partial charge in [-0.25, -0.2) is 9.97 Å².